The second-order valence-corrected chi connectivity index (χ2v) is 5.02. The summed E-state index contributed by atoms with van der Waals surface area (Å²) in [6, 6.07) is 5.45. The predicted octanol–water partition coefficient (Wildman–Crippen LogP) is 2.32. The van der Waals surface area contributed by atoms with Crippen molar-refractivity contribution in [2.24, 2.45) is 0 Å². The van der Waals surface area contributed by atoms with Crippen LogP contribution in [0.3, 0.4) is 0 Å². The van der Waals surface area contributed by atoms with Crippen LogP contribution in [0.25, 0.3) is 0 Å². The second-order valence-electron chi connectivity index (χ2n) is 4.10. The zero-order chi connectivity index (χ0) is 13.0. The standard InChI is InChI=1S/C13H16BrNO3/c1-17-12-9-10(14)3-4-11(12)13(16)15-5-2-7-18-8-6-15/h3-4,9H,2,5-8H2,1H3. The molecule has 1 amide bonds. The Bertz CT molecular complexity index is 428. The fourth-order valence-electron chi connectivity index (χ4n) is 1.96. The van der Waals surface area contributed by atoms with Gasteiger partial charge in [-0.2, -0.15) is 0 Å². The lowest BCUT2D eigenvalue weighted by Crippen LogP contribution is -2.33. The van der Waals surface area contributed by atoms with E-state index in [0.717, 1.165) is 24.0 Å². The molecule has 0 aromatic heterocycles. The molecule has 2 rings (SSSR count). The fourth-order valence-corrected chi connectivity index (χ4v) is 2.30. The first-order chi connectivity index (χ1) is 8.72. The Balaban J connectivity index is 2.21. The number of hydrogen-bond donors (Lipinski definition) is 0. The molecule has 1 aliphatic heterocycles. The van der Waals surface area contributed by atoms with Gasteiger partial charge in [-0.25, -0.2) is 0 Å². The van der Waals surface area contributed by atoms with Crippen molar-refractivity contribution >= 4 is 21.8 Å². The van der Waals surface area contributed by atoms with Gasteiger partial charge in [0, 0.05) is 24.2 Å². The summed E-state index contributed by atoms with van der Waals surface area (Å²) in [5.74, 6) is 0.601. The van der Waals surface area contributed by atoms with Crippen molar-refractivity contribution in [3.63, 3.8) is 0 Å². The van der Waals surface area contributed by atoms with Crippen LogP contribution in [0.15, 0.2) is 22.7 Å². The maximum atomic E-state index is 12.4. The maximum absolute atomic E-state index is 12.4. The van der Waals surface area contributed by atoms with E-state index >= 15 is 0 Å². The van der Waals surface area contributed by atoms with Crippen molar-refractivity contribution in [2.45, 2.75) is 6.42 Å². The summed E-state index contributed by atoms with van der Waals surface area (Å²) < 4.78 is 11.5. The minimum atomic E-state index is 0.00449. The van der Waals surface area contributed by atoms with Crippen molar-refractivity contribution in [2.75, 3.05) is 33.4 Å². The van der Waals surface area contributed by atoms with E-state index < -0.39 is 0 Å². The molecule has 1 saturated heterocycles. The molecule has 0 radical (unpaired) electrons. The van der Waals surface area contributed by atoms with Gasteiger partial charge in [-0.3, -0.25) is 4.79 Å². The number of ether oxygens (including phenoxy) is 2. The first kappa shape index (κ1) is 13.4. The molecule has 1 fully saturated rings. The number of carbonyl (C=O) groups excluding carboxylic acids is 1. The minimum Gasteiger partial charge on any atom is -0.496 e. The van der Waals surface area contributed by atoms with Crippen molar-refractivity contribution in [3.8, 4) is 5.75 Å². The second kappa shape index (κ2) is 6.20. The van der Waals surface area contributed by atoms with Crippen molar-refractivity contribution < 1.29 is 14.3 Å². The molecule has 0 unspecified atom stereocenters. The van der Waals surface area contributed by atoms with Gasteiger partial charge in [-0.15, -0.1) is 0 Å². The molecule has 1 aromatic rings. The van der Waals surface area contributed by atoms with Gasteiger partial charge >= 0.3 is 0 Å². The van der Waals surface area contributed by atoms with Gasteiger partial charge in [0.15, 0.2) is 0 Å². The predicted molar refractivity (Wildman–Crippen MR) is 72.0 cm³/mol. The quantitative estimate of drug-likeness (QED) is 0.841. The first-order valence-corrected chi connectivity index (χ1v) is 6.72. The number of benzene rings is 1. The van der Waals surface area contributed by atoms with Gasteiger partial charge in [0.05, 0.1) is 19.3 Å². The number of amides is 1. The topological polar surface area (TPSA) is 38.8 Å². The molecule has 18 heavy (non-hydrogen) atoms. The zero-order valence-electron chi connectivity index (χ0n) is 10.3. The summed E-state index contributed by atoms with van der Waals surface area (Å²) in [7, 11) is 1.57. The Morgan fingerprint density at radius 3 is 3.00 bits per heavy atom. The van der Waals surface area contributed by atoms with E-state index in [1.807, 2.05) is 17.0 Å². The van der Waals surface area contributed by atoms with E-state index in [1.54, 1.807) is 13.2 Å². The summed E-state index contributed by atoms with van der Waals surface area (Å²) in [5.41, 5.74) is 0.600. The Morgan fingerprint density at radius 2 is 2.22 bits per heavy atom. The fraction of sp³-hybridized carbons (Fsp3) is 0.462. The average molecular weight is 314 g/mol. The van der Waals surface area contributed by atoms with Gasteiger partial charge in [0.2, 0.25) is 0 Å². The number of halogens is 1. The number of rotatable bonds is 2. The highest BCUT2D eigenvalue weighted by atomic mass is 79.9. The van der Waals surface area contributed by atoms with E-state index in [1.165, 1.54) is 0 Å². The average Bonchev–Trinajstić information content (AvgIpc) is 2.66. The lowest BCUT2D eigenvalue weighted by Gasteiger charge is -2.20. The van der Waals surface area contributed by atoms with Crippen LogP contribution in [0.4, 0.5) is 0 Å². The monoisotopic (exact) mass is 313 g/mol. The van der Waals surface area contributed by atoms with Gasteiger partial charge in [-0.05, 0) is 24.6 Å². The number of methoxy groups -OCH3 is 1. The van der Waals surface area contributed by atoms with Gasteiger partial charge < -0.3 is 14.4 Å². The molecule has 1 aromatic carbocycles. The third kappa shape index (κ3) is 3.03. The Labute approximate surface area is 115 Å². The molecule has 0 atom stereocenters. The highest BCUT2D eigenvalue weighted by molar-refractivity contribution is 9.10. The van der Waals surface area contributed by atoms with Gasteiger partial charge in [-0.1, -0.05) is 15.9 Å². The highest BCUT2D eigenvalue weighted by Gasteiger charge is 2.20. The molecule has 98 valence electrons. The van der Waals surface area contributed by atoms with Crippen LogP contribution in [0, 0.1) is 0 Å². The van der Waals surface area contributed by atoms with Crippen LogP contribution in [-0.2, 0) is 4.74 Å². The van der Waals surface area contributed by atoms with Crippen LogP contribution >= 0.6 is 15.9 Å². The number of hydrogen-bond acceptors (Lipinski definition) is 3. The molecule has 0 saturated carbocycles. The smallest absolute Gasteiger partial charge is 0.257 e. The summed E-state index contributed by atoms with van der Waals surface area (Å²) in [5, 5.41) is 0. The number of nitrogens with zero attached hydrogens (tertiary/aromatic N) is 1. The lowest BCUT2D eigenvalue weighted by molar-refractivity contribution is 0.0738. The Hall–Kier alpha value is -1.07. The van der Waals surface area contributed by atoms with Crippen molar-refractivity contribution in [1.82, 2.24) is 4.90 Å². The van der Waals surface area contributed by atoms with Crippen LogP contribution in [0.2, 0.25) is 0 Å². The largest absolute Gasteiger partial charge is 0.496 e. The maximum Gasteiger partial charge on any atom is 0.257 e. The van der Waals surface area contributed by atoms with Gasteiger partial charge in [0.1, 0.15) is 5.75 Å². The van der Waals surface area contributed by atoms with E-state index in [0.29, 0.717) is 24.5 Å². The molecule has 5 heteroatoms. The normalized spacial score (nSPS) is 16.2. The molecule has 0 aliphatic carbocycles. The molecule has 1 aliphatic rings. The zero-order valence-corrected chi connectivity index (χ0v) is 11.9. The van der Waals surface area contributed by atoms with E-state index in [9.17, 15) is 4.79 Å². The van der Waals surface area contributed by atoms with E-state index in [4.69, 9.17) is 9.47 Å². The highest BCUT2D eigenvalue weighted by Crippen LogP contribution is 2.25. The molecule has 1 heterocycles. The summed E-state index contributed by atoms with van der Waals surface area (Å²) in [6.45, 7) is 2.70. The first-order valence-electron chi connectivity index (χ1n) is 5.93. The summed E-state index contributed by atoms with van der Waals surface area (Å²) in [6.07, 6.45) is 0.880. The molecule has 0 bridgehead atoms. The molecular formula is C13H16BrNO3. The van der Waals surface area contributed by atoms with Crippen LogP contribution in [0.1, 0.15) is 16.8 Å². The lowest BCUT2D eigenvalue weighted by atomic mass is 10.1. The van der Waals surface area contributed by atoms with Crippen LogP contribution < -0.4 is 4.74 Å². The Kier molecular flexibility index (Phi) is 4.60. The van der Waals surface area contributed by atoms with Crippen LogP contribution in [-0.4, -0.2) is 44.2 Å². The molecule has 0 N–H and O–H groups in total. The Morgan fingerprint density at radius 1 is 1.39 bits per heavy atom. The summed E-state index contributed by atoms with van der Waals surface area (Å²) in [4.78, 5) is 14.2. The molecule has 0 spiro atoms. The number of carbonyl (C=O) groups is 1. The third-order valence-corrected chi connectivity index (χ3v) is 3.40. The third-order valence-electron chi connectivity index (χ3n) is 2.90. The molecule has 4 nitrogen and oxygen atoms in total. The molecular weight excluding hydrogens is 298 g/mol. The van der Waals surface area contributed by atoms with E-state index in [-0.39, 0.29) is 5.91 Å². The SMILES string of the molecule is COc1cc(Br)ccc1C(=O)N1CCCOCC1. The van der Waals surface area contributed by atoms with Gasteiger partial charge in [0.25, 0.3) is 5.91 Å². The minimum absolute atomic E-state index is 0.00449. The summed E-state index contributed by atoms with van der Waals surface area (Å²) >= 11 is 3.37. The van der Waals surface area contributed by atoms with Crippen molar-refractivity contribution in [3.05, 3.63) is 28.2 Å². The van der Waals surface area contributed by atoms with Crippen LogP contribution in [0.5, 0.6) is 5.75 Å². The van der Waals surface area contributed by atoms with E-state index in [2.05, 4.69) is 15.9 Å². The van der Waals surface area contributed by atoms with Crippen molar-refractivity contribution in [1.29, 1.82) is 0 Å².